The number of aromatic nitrogens is 2. The highest BCUT2D eigenvalue weighted by molar-refractivity contribution is 5.92. The monoisotopic (exact) mass is 237 g/mol. The Balaban J connectivity index is 2.03. The molecular weight excluding hydrogens is 218 g/mol. The van der Waals surface area contributed by atoms with E-state index < -0.39 is 0 Å². The third-order valence-corrected chi connectivity index (χ3v) is 3.26. The summed E-state index contributed by atoms with van der Waals surface area (Å²) < 4.78 is 0. The van der Waals surface area contributed by atoms with Crippen LogP contribution < -0.4 is 0 Å². The summed E-state index contributed by atoms with van der Waals surface area (Å²) in [7, 11) is 0. The zero-order chi connectivity index (χ0) is 12.3. The Hall–Kier alpha value is -1.36. The molecule has 1 aromatic rings. The zero-order valence-electron chi connectivity index (χ0n) is 10.1. The van der Waals surface area contributed by atoms with Gasteiger partial charge in [-0.2, -0.15) is 0 Å². The number of aryl methyl sites for hydroxylation is 1. The highest BCUT2D eigenvalue weighted by Gasteiger charge is 2.24. The summed E-state index contributed by atoms with van der Waals surface area (Å²) >= 11 is 0. The van der Waals surface area contributed by atoms with E-state index in [0.717, 1.165) is 31.6 Å². The average molecular weight is 237 g/mol. The number of nitrogens with one attached hydrogen (secondary N) is 1. The third-order valence-electron chi connectivity index (χ3n) is 3.26. The lowest BCUT2D eigenvalue weighted by molar-refractivity contribution is 0.0615. The molecule has 0 aliphatic carbocycles. The molecule has 2 rings (SSSR count). The normalized spacial score (nSPS) is 20.6. The standard InChI is InChI=1S/C12H19N3O2/c1-2-11-13-6-10(14-11)12(17)15-5-3-4-9(7-15)8-16/h6,9,16H,2-5,7-8H2,1H3,(H,13,14). The average Bonchev–Trinajstić information content (AvgIpc) is 2.86. The fraction of sp³-hybridized carbons (Fsp3) is 0.667. The summed E-state index contributed by atoms with van der Waals surface area (Å²) in [6, 6.07) is 0. The Morgan fingerprint density at radius 3 is 3.18 bits per heavy atom. The fourth-order valence-corrected chi connectivity index (χ4v) is 2.22. The van der Waals surface area contributed by atoms with Crippen molar-refractivity contribution < 1.29 is 9.90 Å². The molecule has 0 spiro atoms. The van der Waals surface area contributed by atoms with Gasteiger partial charge >= 0.3 is 0 Å². The molecule has 1 amide bonds. The molecule has 1 atom stereocenters. The van der Waals surface area contributed by atoms with E-state index in [1.807, 2.05) is 6.92 Å². The molecule has 1 saturated heterocycles. The van der Waals surface area contributed by atoms with E-state index in [0.29, 0.717) is 12.2 Å². The Labute approximate surface area is 101 Å². The molecule has 0 saturated carbocycles. The van der Waals surface area contributed by atoms with E-state index in [9.17, 15) is 4.79 Å². The number of rotatable bonds is 3. The van der Waals surface area contributed by atoms with Crippen LogP contribution in [0.1, 0.15) is 36.1 Å². The van der Waals surface area contributed by atoms with Gasteiger partial charge in [0.25, 0.3) is 5.91 Å². The predicted molar refractivity (Wildman–Crippen MR) is 63.7 cm³/mol. The second-order valence-electron chi connectivity index (χ2n) is 4.54. The van der Waals surface area contributed by atoms with Crippen LogP contribution in [0.5, 0.6) is 0 Å². The van der Waals surface area contributed by atoms with Crippen molar-refractivity contribution >= 4 is 5.91 Å². The summed E-state index contributed by atoms with van der Waals surface area (Å²) in [5, 5.41) is 9.15. The molecule has 17 heavy (non-hydrogen) atoms. The van der Waals surface area contributed by atoms with E-state index >= 15 is 0 Å². The highest BCUT2D eigenvalue weighted by Crippen LogP contribution is 2.17. The first-order valence-electron chi connectivity index (χ1n) is 6.18. The minimum atomic E-state index is -0.00431. The number of imidazole rings is 1. The van der Waals surface area contributed by atoms with Gasteiger partial charge in [-0.3, -0.25) is 4.79 Å². The van der Waals surface area contributed by atoms with Crippen molar-refractivity contribution in [1.82, 2.24) is 14.9 Å². The van der Waals surface area contributed by atoms with E-state index in [-0.39, 0.29) is 18.4 Å². The summed E-state index contributed by atoms with van der Waals surface area (Å²) in [6.07, 6.45) is 4.37. The SMILES string of the molecule is CCc1ncc(C(=O)N2CCCC(CO)C2)[nH]1. The van der Waals surface area contributed by atoms with Gasteiger partial charge in [0, 0.05) is 26.1 Å². The van der Waals surface area contributed by atoms with Gasteiger partial charge < -0.3 is 15.0 Å². The minimum absolute atomic E-state index is 0.00431. The number of carbonyl (C=O) groups excluding carboxylic acids is 1. The summed E-state index contributed by atoms with van der Waals surface area (Å²) in [6.45, 7) is 3.58. The fourth-order valence-electron chi connectivity index (χ4n) is 2.22. The Kier molecular flexibility index (Phi) is 3.78. The topological polar surface area (TPSA) is 69.2 Å². The first kappa shape index (κ1) is 12.1. The number of carbonyl (C=O) groups is 1. The number of amides is 1. The van der Waals surface area contributed by atoms with Crippen molar-refractivity contribution in [3.8, 4) is 0 Å². The number of H-pyrrole nitrogens is 1. The Morgan fingerprint density at radius 1 is 1.71 bits per heavy atom. The van der Waals surface area contributed by atoms with Crippen LogP contribution in [-0.4, -0.2) is 45.6 Å². The Bertz CT molecular complexity index is 389. The van der Waals surface area contributed by atoms with Gasteiger partial charge in [-0.05, 0) is 18.8 Å². The van der Waals surface area contributed by atoms with Crippen LogP contribution in [0.15, 0.2) is 6.20 Å². The number of aliphatic hydroxyl groups excluding tert-OH is 1. The van der Waals surface area contributed by atoms with Crippen molar-refractivity contribution in [3.63, 3.8) is 0 Å². The molecule has 1 unspecified atom stereocenters. The van der Waals surface area contributed by atoms with Crippen LogP contribution in [-0.2, 0) is 6.42 Å². The van der Waals surface area contributed by atoms with Crippen molar-refractivity contribution in [2.45, 2.75) is 26.2 Å². The second-order valence-corrected chi connectivity index (χ2v) is 4.54. The molecule has 0 aromatic carbocycles. The van der Waals surface area contributed by atoms with Gasteiger partial charge in [0.15, 0.2) is 0 Å². The zero-order valence-corrected chi connectivity index (χ0v) is 10.1. The van der Waals surface area contributed by atoms with Gasteiger partial charge in [0.05, 0.1) is 6.20 Å². The number of aromatic amines is 1. The van der Waals surface area contributed by atoms with Gasteiger partial charge in [-0.25, -0.2) is 4.98 Å². The highest BCUT2D eigenvalue weighted by atomic mass is 16.3. The summed E-state index contributed by atoms with van der Waals surface area (Å²) in [5.41, 5.74) is 0.556. The van der Waals surface area contributed by atoms with Crippen molar-refractivity contribution in [3.05, 3.63) is 17.7 Å². The third kappa shape index (κ3) is 2.66. The smallest absolute Gasteiger partial charge is 0.271 e. The van der Waals surface area contributed by atoms with Crippen LogP contribution >= 0.6 is 0 Å². The van der Waals surface area contributed by atoms with E-state index in [4.69, 9.17) is 5.11 Å². The molecule has 0 bridgehead atoms. The largest absolute Gasteiger partial charge is 0.396 e. The number of piperidine rings is 1. The lowest BCUT2D eigenvalue weighted by atomic mass is 9.99. The quantitative estimate of drug-likeness (QED) is 0.817. The van der Waals surface area contributed by atoms with Crippen LogP contribution in [0.25, 0.3) is 0 Å². The van der Waals surface area contributed by atoms with Crippen LogP contribution in [0.2, 0.25) is 0 Å². The maximum Gasteiger partial charge on any atom is 0.271 e. The number of likely N-dealkylation sites (tertiary alicyclic amines) is 1. The van der Waals surface area contributed by atoms with Crippen molar-refractivity contribution in [1.29, 1.82) is 0 Å². The van der Waals surface area contributed by atoms with Gasteiger partial charge in [0.1, 0.15) is 11.5 Å². The molecule has 1 aliphatic rings. The molecule has 2 heterocycles. The molecule has 1 fully saturated rings. The van der Waals surface area contributed by atoms with E-state index in [2.05, 4.69) is 9.97 Å². The second kappa shape index (κ2) is 5.31. The van der Waals surface area contributed by atoms with Gasteiger partial charge in [-0.15, -0.1) is 0 Å². The summed E-state index contributed by atoms with van der Waals surface area (Å²) in [4.78, 5) is 21.1. The number of hydrogen-bond donors (Lipinski definition) is 2. The first-order chi connectivity index (χ1) is 8.24. The lowest BCUT2D eigenvalue weighted by Gasteiger charge is -2.31. The molecule has 1 aliphatic heterocycles. The van der Waals surface area contributed by atoms with Crippen molar-refractivity contribution in [2.75, 3.05) is 19.7 Å². The first-order valence-corrected chi connectivity index (χ1v) is 6.18. The molecule has 94 valence electrons. The molecule has 5 nitrogen and oxygen atoms in total. The Morgan fingerprint density at radius 2 is 2.53 bits per heavy atom. The molecular formula is C12H19N3O2. The molecule has 2 N–H and O–H groups in total. The van der Waals surface area contributed by atoms with E-state index in [1.165, 1.54) is 0 Å². The van der Waals surface area contributed by atoms with Crippen molar-refractivity contribution in [2.24, 2.45) is 5.92 Å². The van der Waals surface area contributed by atoms with Gasteiger partial charge in [-0.1, -0.05) is 6.92 Å². The van der Waals surface area contributed by atoms with Crippen LogP contribution in [0, 0.1) is 5.92 Å². The number of aliphatic hydroxyl groups is 1. The molecule has 0 radical (unpaired) electrons. The molecule has 5 heteroatoms. The minimum Gasteiger partial charge on any atom is -0.396 e. The van der Waals surface area contributed by atoms with Crippen LogP contribution in [0.4, 0.5) is 0 Å². The van der Waals surface area contributed by atoms with Crippen LogP contribution in [0.3, 0.4) is 0 Å². The van der Waals surface area contributed by atoms with E-state index in [1.54, 1.807) is 11.1 Å². The summed E-state index contributed by atoms with van der Waals surface area (Å²) in [5.74, 6) is 1.06. The number of hydrogen-bond acceptors (Lipinski definition) is 3. The van der Waals surface area contributed by atoms with Gasteiger partial charge in [0.2, 0.25) is 0 Å². The predicted octanol–water partition coefficient (Wildman–Crippen LogP) is 0.817. The lowest BCUT2D eigenvalue weighted by Crippen LogP contribution is -2.41. The molecule has 1 aromatic heterocycles. The maximum absolute atomic E-state index is 12.2. The number of nitrogens with zero attached hydrogens (tertiary/aromatic N) is 2. The maximum atomic E-state index is 12.2.